The van der Waals surface area contributed by atoms with Crippen molar-refractivity contribution in [3.05, 3.63) is 23.8 Å². The molecule has 1 aromatic rings. The summed E-state index contributed by atoms with van der Waals surface area (Å²) in [7, 11) is 0. The van der Waals surface area contributed by atoms with Gasteiger partial charge in [0.25, 0.3) is 0 Å². The van der Waals surface area contributed by atoms with E-state index in [1.807, 2.05) is 0 Å². The van der Waals surface area contributed by atoms with Crippen LogP contribution in [0.2, 0.25) is 0 Å². The fourth-order valence-electron chi connectivity index (χ4n) is 2.74. The minimum Gasteiger partial charge on any atom is -0.508 e. The van der Waals surface area contributed by atoms with Crippen LogP contribution in [-0.2, 0) is 4.79 Å². The molecular weight excluding hydrogens is 285 g/mol. The molecule has 0 unspecified atom stereocenters. The maximum atomic E-state index is 12.3. The highest BCUT2D eigenvalue weighted by Gasteiger charge is 2.42. The maximum absolute atomic E-state index is 12.3. The van der Waals surface area contributed by atoms with E-state index < -0.39 is 12.1 Å². The number of ether oxygens (including phenoxy) is 1. The molecular formula is C15H17F3O3. The summed E-state index contributed by atoms with van der Waals surface area (Å²) in [5.74, 6) is -2.11. The second-order valence-corrected chi connectivity index (χ2v) is 5.53. The number of carbonyl (C=O) groups excluding carboxylic acids is 1. The Morgan fingerprint density at radius 1 is 1.24 bits per heavy atom. The summed E-state index contributed by atoms with van der Waals surface area (Å²) in [6.45, 7) is 2.12. The molecule has 0 heterocycles. The van der Waals surface area contributed by atoms with Gasteiger partial charge < -0.3 is 9.84 Å². The van der Waals surface area contributed by atoms with E-state index in [2.05, 4.69) is 11.7 Å². The molecule has 6 heteroatoms. The van der Waals surface area contributed by atoms with E-state index >= 15 is 0 Å². The van der Waals surface area contributed by atoms with Crippen LogP contribution in [0.3, 0.4) is 0 Å². The lowest BCUT2D eigenvalue weighted by Gasteiger charge is -2.28. The van der Waals surface area contributed by atoms with Crippen molar-refractivity contribution in [1.29, 1.82) is 0 Å². The van der Waals surface area contributed by atoms with Crippen LogP contribution in [0.1, 0.15) is 44.1 Å². The summed E-state index contributed by atoms with van der Waals surface area (Å²) < 4.78 is 41.4. The van der Waals surface area contributed by atoms with Gasteiger partial charge in [0.2, 0.25) is 0 Å². The van der Waals surface area contributed by atoms with Gasteiger partial charge in [-0.1, -0.05) is 25.8 Å². The van der Waals surface area contributed by atoms with Crippen LogP contribution in [0.25, 0.3) is 0 Å². The van der Waals surface area contributed by atoms with Gasteiger partial charge in [0.05, 0.1) is 0 Å². The zero-order chi connectivity index (χ0) is 15.6. The van der Waals surface area contributed by atoms with Crippen molar-refractivity contribution >= 4 is 5.97 Å². The molecule has 0 aromatic heterocycles. The highest BCUT2D eigenvalue weighted by atomic mass is 19.4. The number of hydrogen-bond acceptors (Lipinski definition) is 3. The van der Waals surface area contributed by atoms with Gasteiger partial charge in [-0.3, -0.25) is 0 Å². The summed E-state index contributed by atoms with van der Waals surface area (Å²) in [5.41, 5.74) is 0.307. The molecule has 0 amide bonds. The highest BCUT2D eigenvalue weighted by molar-refractivity contribution is 5.78. The fourth-order valence-corrected chi connectivity index (χ4v) is 2.74. The number of halogens is 3. The van der Waals surface area contributed by atoms with Crippen LogP contribution in [0.4, 0.5) is 13.2 Å². The van der Waals surface area contributed by atoms with Gasteiger partial charge in [-0.15, -0.1) is 0 Å². The third kappa shape index (κ3) is 3.68. The molecule has 0 saturated heterocycles. The van der Waals surface area contributed by atoms with Gasteiger partial charge in [-0.25, -0.2) is 4.79 Å². The standard InChI is InChI=1S/C15H17F3O3/c1-9-5-7-10(8-6-9)13-11(19)3-2-4-12(13)21-14(20)15(16,17)18/h2-4,9-10,19H,5-8H2,1H3. The molecule has 1 N–H and O–H groups in total. The SMILES string of the molecule is CC1CCC(c2c(O)cccc2OC(=O)C(F)(F)F)CC1. The van der Waals surface area contributed by atoms with Gasteiger partial charge in [0.15, 0.2) is 0 Å². The van der Waals surface area contributed by atoms with Crippen LogP contribution < -0.4 is 4.74 Å². The molecule has 2 rings (SSSR count). The van der Waals surface area contributed by atoms with Crippen molar-refractivity contribution in [2.75, 3.05) is 0 Å². The van der Waals surface area contributed by atoms with Crippen molar-refractivity contribution in [1.82, 2.24) is 0 Å². The number of rotatable bonds is 2. The van der Waals surface area contributed by atoms with E-state index in [1.54, 1.807) is 0 Å². The number of phenols is 1. The largest absolute Gasteiger partial charge is 0.508 e. The second kappa shape index (κ2) is 5.95. The number of phenolic OH excluding ortho intramolecular Hbond substituents is 1. The van der Waals surface area contributed by atoms with Gasteiger partial charge in [-0.05, 0) is 36.8 Å². The fraction of sp³-hybridized carbons (Fsp3) is 0.533. The molecule has 0 spiro atoms. The lowest BCUT2D eigenvalue weighted by molar-refractivity contribution is -0.189. The molecule has 0 atom stereocenters. The van der Waals surface area contributed by atoms with E-state index in [4.69, 9.17) is 0 Å². The Morgan fingerprint density at radius 2 is 1.86 bits per heavy atom. The quantitative estimate of drug-likeness (QED) is 0.659. The molecule has 1 aromatic carbocycles. The third-order valence-corrected chi connectivity index (χ3v) is 3.90. The van der Waals surface area contributed by atoms with Crippen molar-refractivity contribution in [3.63, 3.8) is 0 Å². The van der Waals surface area contributed by atoms with Gasteiger partial charge >= 0.3 is 12.1 Å². The Hall–Kier alpha value is -1.72. The van der Waals surface area contributed by atoms with Gasteiger partial charge in [0.1, 0.15) is 11.5 Å². The Kier molecular flexibility index (Phi) is 4.44. The monoisotopic (exact) mass is 302 g/mol. The van der Waals surface area contributed by atoms with Crippen LogP contribution in [0.5, 0.6) is 11.5 Å². The van der Waals surface area contributed by atoms with Crippen LogP contribution in [0.15, 0.2) is 18.2 Å². The Labute approximate surface area is 120 Å². The highest BCUT2D eigenvalue weighted by Crippen LogP contribution is 2.43. The van der Waals surface area contributed by atoms with E-state index in [0.717, 1.165) is 25.7 Å². The molecule has 0 bridgehead atoms. The van der Waals surface area contributed by atoms with Crippen LogP contribution >= 0.6 is 0 Å². The number of esters is 1. The predicted octanol–water partition coefficient (Wildman–Crippen LogP) is 4.15. The van der Waals surface area contributed by atoms with E-state index in [9.17, 15) is 23.1 Å². The average Bonchev–Trinajstić information content (AvgIpc) is 2.39. The zero-order valence-corrected chi connectivity index (χ0v) is 11.6. The van der Waals surface area contributed by atoms with E-state index in [0.29, 0.717) is 11.5 Å². The first-order valence-corrected chi connectivity index (χ1v) is 6.90. The molecule has 116 valence electrons. The lowest BCUT2D eigenvalue weighted by Crippen LogP contribution is -2.28. The van der Waals surface area contributed by atoms with Crippen LogP contribution in [-0.4, -0.2) is 17.3 Å². The summed E-state index contributed by atoms with van der Waals surface area (Å²) in [4.78, 5) is 11.0. The topological polar surface area (TPSA) is 46.5 Å². The van der Waals surface area contributed by atoms with Crippen molar-refractivity contribution in [3.8, 4) is 11.5 Å². The second-order valence-electron chi connectivity index (χ2n) is 5.53. The Balaban J connectivity index is 2.26. The smallest absolute Gasteiger partial charge is 0.491 e. The number of carbonyl (C=O) groups is 1. The normalized spacial score (nSPS) is 22.9. The zero-order valence-electron chi connectivity index (χ0n) is 11.6. The van der Waals surface area contributed by atoms with Crippen molar-refractivity contribution < 1.29 is 27.8 Å². The van der Waals surface area contributed by atoms with Crippen molar-refractivity contribution in [2.24, 2.45) is 5.92 Å². The van der Waals surface area contributed by atoms with E-state index in [-0.39, 0.29) is 17.4 Å². The molecule has 0 radical (unpaired) electrons. The first-order chi connectivity index (χ1) is 9.79. The number of alkyl halides is 3. The summed E-state index contributed by atoms with van der Waals surface area (Å²) >= 11 is 0. The Morgan fingerprint density at radius 3 is 2.43 bits per heavy atom. The molecule has 21 heavy (non-hydrogen) atoms. The van der Waals surface area contributed by atoms with Gasteiger partial charge in [-0.2, -0.15) is 13.2 Å². The molecule has 0 aliphatic heterocycles. The summed E-state index contributed by atoms with van der Waals surface area (Å²) in [5, 5.41) is 9.95. The average molecular weight is 302 g/mol. The van der Waals surface area contributed by atoms with Crippen molar-refractivity contribution in [2.45, 2.75) is 44.7 Å². The first kappa shape index (κ1) is 15.7. The Bertz CT molecular complexity index is 517. The molecule has 3 nitrogen and oxygen atoms in total. The van der Waals surface area contributed by atoms with E-state index in [1.165, 1.54) is 18.2 Å². The molecule has 1 aliphatic carbocycles. The number of hydrogen-bond donors (Lipinski definition) is 1. The molecule has 1 aliphatic rings. The number of benzene rings is 1. The lowest BCUT2D eigenvalue weighted by atomic mass is 9.79. The molecule has 1 fully saturated rings. The first-order valence-electron chi connectivity index (χ1n) is 6.90. The third-order valence-electron chi connectivity index (χ3n) is 3.90. The minimum atomic E-state index is -5.05. The minimum absolute atomic E-state index is 0.0848. The summed E-state index contributed by atoms with van der Waals surface area (Å²) in [6.07, 6.45) is -1.66. The maximum Gasteiger partial charge on any atom is 0.491 e. The van der Waals surface area contributed by atoms with Gasteiger partial charge in [0, 0.05) is 5.56 Å². The number of aromatic hydroxyl groups is 1. The van der Waals surface area contributed by atoms with Crippen LogP contribution in [0, 0.1) is 5.92 Å². The summed E-state index contributed by atoms with van der Waals surface area (Å²) in [6, 6.07) is 4.05. The molecule has 1 saturated carbocycles. The predicted molar refractivity (Wildman–Crippen MR) is 70.2 cm³/mol.